The molecule has 0 atom stereocenters. The van der Waals surface area contributed by atoms with E-state index in [-0.39, 0.29) is 5.91 Å². The van der Waals surface area contributed by atoms with Gasteiger partial charge in [0.15, 0.2) is 5.60 Å². The number of hydrogen-bond acceptors (Lipinski definition) is 3. The Morgan fingerprint density at radius 3 is 2.48 bits per heavy atom. The number of anilines is 1. The normalized spacial score (nSPS) is 11.0. The zero-order chi connectivity index (χ0) is 16.9. The van der Waals surface area contributed by atoms with E-state index < -0.39 is 5.60 Å². The van der Waals surface area contributed by atoms with E-state index in [2.05, 4.69) is 5.32 Å². The van der Waals surface area contributed by atoms with E-state index >= 15 is 0 Å². The van der Waals surface area contributed by atoms with Crippen molar-refractivity contribution in [1.82, 2.24) is 0 Å². The standard InChI is InChI=1S/C18H20ClNO3/c1-4-22-16-7-5-6-14(12-16)20-17(21)18(2,3)23-15-10-8-13(19)9-11-15/h5-12H,4H2,1-3H3,(H,20,21). The molecule has 1 N–H and O–H groups in total. The van der Waals surface area contributed by atoms with Crippen LogP contribution >= 0.6 is 11.6 Å². The predicted octanol–water partition coefficient (Wildman–Crippen LogP) is 4.53. The minimum atomic E-state index is -1.03. The van der Waals surface area contributed by atoms with Crippen molar-refractivity contribution >= 4 is 23.2 Å². The number of amides is 1. The number of nitrogens with one attached hydrogen (secondary N) is 1. The second-order valence-electron chi connectivity index (χ2n) is 5.48. The van der Waals surface area contributed by atoms with Gasteiger partial charge in [0.1, 0.15) is 11.5 Å². The number of hydrogen-bond donors (Lipinski definition) is 1. The van der Waals surface area contributed by atoms with Crippen LogP contribution in [-0.4, -0.2) is 18.1 Å². The molecule has 0 saturated carbocycles. The Morgan fingerprint density at radius 1 is 1.13 bits per heavy atom. The van der Waals surface area contributed by atoms with Gasteiger partial charge >= 0.3 is 0 Å². The maximum Gasteiger partial charge on any atom is 0.267 e. The summed E-state index contributed by atoms with van der Waals surface area (Å²) in [5, 5.41) is 3.46. The van der Waals surface area contributed by atoms with E-state index in [1.807, 2.05) is 19.1 Å². The van der Waals surface area contributed by atoms with Crippen LogP contribution in [0.3, 0.4) is 0 Å². The van der Waals surface area contributed by atoms with Crippen LogP contribution in [0.1, 0.15) is 20.8 Å². The summed E-state index contributed by atoms with van der Waals surface area (Å²) >= 11 is 5.85. The van der Waals surface area contributed by atoms with E-state index in [0.29, 0.717) is 28.8 Å². The topological polar surface area (TPSA) is 47.6 Å². The first kappa shape index (κ1) is 17.2. The molecule has 0 aliphatic carbocycles. The van der Waals surface area contributed by atoms with E-state index in [9.17, 15) is 4.79 Å². The molecule has 0 spiro atoms. The Kier molecular flexibility index (Phi) is 5.50. The lowest BCUT2D eigenvalue weighted by Gasteiger charge is -2.25. The molecule has 4 nitrogen and oxygen atoms in total. The van der Waals surface area contributed by atoms with Crippen LogP contribution in [0, 0.1) is 0 Å². The van der Waals surface area contributed by atoms with Crippen molar-refractivity contribution in [3.05, 3.63) is 53.6 Å². The van der Waals surface area contributed by atoms with Crippen LogP contribution < -0.4 is 14.8 Å². The molecule has 2 rings (SSSR count). The van der Waals surface area contributed by atoms with Crippen LogP contribution in [0.15, 0.2) is 48.5 Å². The monoisotopic (exact) mass is 333 g/mol. The molecule has 0 saturated heterocycles. The second-order valence-corrected chi connectivity index (χ2v) is 5.92. The molecule has 0 unspecified atom stereocenters. The van der Waals surface area contributed by atoms with Gasteiger partial charge in [0.05, 0.1) is 6.61 Å². The van der Waals surface area contributed by atoms with Gasteiger partial charge in [0, 0.05) is 16.8 Å². The SMILES string of the molecule is CCOc1cccc(NC(=O)C(C)(C)Oc2ccc(Cl)cc2)c1. The van der Waals surface area contributed by atoms with Gasteiger partial charge in [-0.2, -0.15) is 0 Å². The number of carbonyl (C=O) groups excluding carboxylic acids is 1. The predicted molar refractivity (Wildman–Crippen MR) is 92.4 cm³/mol. The Bertz CT molecular complexity index is 668. The minimum absolute atomic E-state index is 0.249. The third-order valence-corrected chi connectivity index (χ3v) is 3.39. The third kappa shape index (κ3) is 4.89. The fraction of sp³-hybridized carbons (Fsp3) is 0.278. The van der Waals surface area contributed by atoms with Crippen molar-refractivity contribution in [2.24, 2.45) is 0 Å². The highest BCUT2D eigenvalue weighted by atomic mass is 35.5. The number of rotatable bonds is 6. The maximum atomic E-state index is 12.5. The summed E-state index contributed by atoms with van der Waals surface area (Å²) in [7, 11) is 0. The number of ether oxygens (including phenoxy) is 2. The van der Waals surface area contributed by atoms with Crippen molar-refractivity contribution in [3.8, 4) is 11.5 Å². The molecule has 23 heavy (non-hydrogen) atoms. The van der Waals surface area contributed by atoms with Crippen molar-refractivity contribution < 1.29 is 14.3 Å². The van der Waals surface area contributed by atoms with Gasteiger partial charge in [-0.15, -0.1) is 0 Å². The summed E-state index contributed by atoms with van der Waals surface area (Å²) < 4.78 is 11.2. The molecule has 5 heteroatoms. The van der Waals surface area contributed by atoms with Crippen LogP contribution in [-0.2, 0) is 4.79 Å². The summed E-state index contributed by atoms with van der Waals surface area (Å²) in [5.41, 5.74) is -0.371. The third-order valence-electron chi connectivity index (χ3n) is 3.14. The maximum absolute atomic E-state index is 12.5. The number of benzene rings is 2. The first-order valence-electron chi connectivity index (χ1n) is 7.39. The smallest absolute Gasteiger partial charge is 0.267 e. The lowest BCUT2D eigenvalue weighted by molar-refractivity contribution is -0.128. The van der Waals surface area contributed by atoms with Gasteiger partial charge in [-0.25, -0.2) is 0 Å². The van der Waals surface area contributed by atoms with Crippen molar-refractivity contribution in [1.29, 1.82) is 0 Å². The Hall–Kier alpha value is -2.20. The Balaban J connectivity index is 2.05. The van der Waals surface area contributed by atoms with Gasteiger partial charge in [-0.05, 0) is 57.2 Å². The van der Waals surface area contributed by atoms with Gasteiger partial charge in [0.25, 0.3) is 5.91 Å². The number of halogens is 1. The largest absolute Gasteiger partial charge is 0.494 e. The molecular formula is C18H20ClNO3. The molecule has 0 aromatic heterocycles. The quantitative estimate of drug-likeness (QED) is 0.844. The molecular weight excluding hydrogens is 314 g/mol. The summed E-state index contributed by atoms with van der Waals surface area (Å²) in [5.74, 6) is 1.04. The van der Waals surface area contributed by atoms with Gasteiger partial charge in [-0.3, -0.25) is 4.79 Å². The van der Waals surface area contributed by atoms with Crippen molar-refractivity contribution in [3.63, 3.8) is 0 Å². The molecule has 0 aliphatic rings. The van der Waals surface area contributed by atoms with Gasteiger partial charge < -0.3 is 14.8 Å². The summed E-state index contributed by atoms with van der Waals surface area (Å²) in [6, 6.07) is 14.1. The van der Waals surface area contributed by atoms with Crippen molar-refractivity contribution in [2.45, 2.75) is 26.4 Å². The van der Waals surface area contributed by atoms with E-state index in [4.69, 9.17) is 21.1 Å². The molecule has 2 aromatic carbocycles. The summed E-state index contributed by atoms with van der Waals surface area (Å²) in [6.07, 6.45) is 0. The highest BCUT2D eigenvalue weighted by Gasteiger charge is 2.30. The van der Waals surface area contributed by atoms with Gasteiger partial charge in [0.2, 0.25) is 0 Å². The van der Waals surface area contributed by atoms with Crippen LogP contribution in [0.4, 0.5) is 5.69 Å². The van der Waals surface area contributed by atoms with Crippen LogP contribution in [0.25, 0.3) is 0 Å². The fourth-order valence-electron chi connectivity index (χ4n) is 1.96. The molecule has 2 aromatic rings. The first-order chi connectivity index (χ1) is 10.9. The zero-order valence-corrected chi connectivity index (χ0v) is 14.2. The van der Waals surface area contributed by atoms with E-state index in [1.54, 1.807) is 50.2 Å². The molecule has 0 heterocycles. The molecule has 122 valence electrons. The summed E-state index contributed by atoms with van der Waals surface area (Å²) in [6.45, 7) is 5.91. The molecule has 0 fully saturated rings. The average molecular weight is 334 g/mol. The van der Waals surface area contributed by atoms with E-state index in [1.165, 1.54) is 0 Å². The molecule has 0 aliphatic heterocycles. The Morgan fingerprint density at radius 2 is 1.83 bits per heavy atom. The van der Waals surface area contributed by atoms with Gasteiger partial charge in [-0.1, -0.05) is 17.7 Å². The summed E-state index contributed by atoms with van der Waals surface area (Å²) in [4.78, 5) is 12.5. The average Bonchev–Trinajstić information content (AvgIpc) is 2.50. The Labute approximate surface area is 141 Å². The molecule has 0 radical (unpaired) electrons. The lowest BCUT2D eigenvalue weighted by atomic mass is 10.1. The highest BCUT2D eigenvalue weighted by molar-refractivity contribution is 6.30. The first-order valence-corrected chi connectivity index (χ1v) is 7.77. The molecule has 0 bridgehead atoms. The minimum Gasteiger partial charge on any atom is -0.494 e. The highest BCUT2D eigenvalue weighted by Crippen LogP contribution is 2.23. The van der Waals surface area contributed by atoms with E-state index in [0.717, 1.165) is 0 Å². The molecule has 1 amide bonds. The van der Waals surface area contributed by atoms with Crippen LogP contribution in [0.5, 0.6) is 11.5 Å². The fourth-order valence-corrected chi connectivity index (χ4v) is 2.08. The van der Waals surface area contributed by atoms with Crippen LogP contribution in [0.2, 0.25) is 5.02 Å². The lowest BCUT2D eigenvalue weighted by Crippen LogP contribution is -2.42. The van der Waals surface area contributed by atoms with Crippen molar-refractivity contribution in [2.75, 3.05) is 11.9 Å². The second kappa shape index (κ2) is 7.38. The number of carbonyl (C=O) groups is 1. The zero-order valence-electron chi connectivity index (χ0n) is 13.4.